The lowest BCUT2D eigenvalue weighted by molar-refractivity contribution is -0.134. The van der Waals surface area contributed by atoms with Crippen LogP contribution in [0.4, 0.5) is 26.3 Å². The second-order valence-electron chi connectivity index (χ2n) is 2.53. The van der Waals surface area contributed by atoms with Gasteiger partial charge in [-0.1, -0.05) is 0 Å². The van der Waals surface area contributed by atoms with Crippen LogP contribution < -0.4 is 5.32 Å². The minimum absolute atomic E-state index is 0.938. The number of alkyl halides is 6. The molecule has 0 unspecified atom stereocenters. The number of carbonyl (C=O) groups excluding carboxylic acids is 2. The van der Waals surface area contributed by atoms with Crippen LogP contribution in [0.25, 0.3) is 0 Å². The molecule has 9 heteroatoms. The third-order valence-corrected chi connectivity index (χ3v) is 1.50. The third kappa shape index (κ3) is 1.95. The maximum absolute atomic E-state index is 12.0. The number of nitrogens with one attached hydrogen (secondary N) is 1. The fraction of sp³-hybridized carbons (Fsp3) is 0.333. The first kappa shape index (κ1) is 11.5. The first-order valence-electron chi connectivity index (χ1n) is 3.29. The van der Waals surface area contributed by atoms with Gasteiger partial charge in [0.25, 0.3) is 11.8 Å². The Hall–Kier alpha value is -1.54. The molecule has 0 fully saturated rings. The number of carbonyl (C=O) groups is 2. The summed E-state index contributed by atoms with van der Waals surface area (Å²) >= 11 is 0. The van der Waals surface area contributed by atoms with Crippen LogP contribution >= 0.6 is 0 Å². The van der Waals surface area contributed by atoms with Crippen molar-refractivity contribution in [3.8, 4) is 0 Å². The van der Waals surface area contributed by atoms with Crippen LogP contribution in [0, 0.1) is 0 Å². The summed E-state index contributed by atoms with van der Waals surface area (Å²) in [5.74, 6) is -4.17. The Balaban J connectivity index is 3.42. The maximum Gasteiger partial charge on any atom is 0.422 e. The van der Waals surface area contributed by atoms with Gasteiger partial charge in [-0.15, -0.1) is 0 Å². The molecule has 1 aliphatic heterocycles. The van der Waals surface area contributed by atoms with Gasteiger partial charge in [-0.2, -0.15) is 26.3 Å². The number of hydrogen-bond donors (Lipinski definition) is 1. The monoisotopic (exact) mass is 233 g/mol. The van der Waals surface area contributed by atoms with E-state index in [1.54, 1.807) is 0 Å². The Morgan fingerprint density at radius 3 is 1.20 bits per heavy atom. The summed E-state index contributed by atoms with van der Waals surface area (Å²) in [7, 11) is 0. The molecule has 0 spiro atoms. The Bertz CT molecular complexity index is 329. The summed E-state index contributed by atoms with van der Waals surface area (Å²) in [6, 6.07) is 0. The van der Waals surface area contributed by atoms with E-state index in [0.29, 0.717) is 0 Å². The maximum atomic E-state index is 12.0. The Kier molecular flexibility index (Phi) is 2.29. The smallest absolute Gasteiger partial charge is 0.288 e. The fourth-order valence-corrected chi connectivity index (χ4v) is 0.996. The number of amides is 2. The van der Waals surface area contributed by atoms with Crippen molar-refractivity contribution in [1.29, 1.82) is 0 Å². The lowest BCUT2D eigenvalue weighted by Gasteiger charge is -2.09. The Morgan fingerprint density at radius 2 is 1.00 bits per heavy atom. The average molecular weight is 233 g/mol. The van der Waals surface area contributed by atoms with Crippen LogP contribution in [0.1, 0.15) is 0 Å². The van der Waals surface area contributed by atoms with Crippen LogP contribution in [0.5, 0.6) is 0 Å². The SMILES string of the molecule is O=C1NC(=O)C(C(F)(F)F)=C1C(F)(F)F. The predicted molar refractivity (Wildman–Crippen MR) is 32.3 cm³/mol. The molecule has 0 bridgehead atoms. The topological polar surface area (TPSA) is 46.2 Å². The van der Waals surface area contributed by atoms with Crippen LogP contribution in [0.3, 0.4) is 0 Å². The first-order chi connectivity index (χ1) is 6.55. The molecular weight excluding hydrogens is 232 g/mol. The molecule has 1 aliphatic rings. The zero-order valence-electron chi connectivity index (χ0n) is 6.58. The van der Waals surface area contributed by atoms with E-state index < -0.39 is 35.3 Å². The summed E-state index contributed by atoms with van der Waals surface area (Å²) in [4.78, 5) is 21.0. The van der Waals surface area contributed by atoms with Crippen LogP contribution in [0.15, 0.2) is 11.1 Å². The van der Waals surface area contributed by atoms with Crippen LogP contribution in [-0.4, -0.2) is 24.2 Å². The van der Waals surface area contributed by atoms with Crippen LogP contribution in [-0.2, 0) is 9.59 Å². The van der Waals surface area contributed by atoms with Gasteiger partial charge in [0.05, 0.1) is 0 Å². The van der Waals surface area contributed by atoms with Gasteiger partial charge < -0.3 is 0 Å². The minimum Gasteiger partial charge on any atom is -0.288 e. The van der Waals surface area contributed by atoms with E-state index in [1.807, 2.05) is 0 Å². The van der Waals surface area contributed by atoms with E-state index in [0.717, 1.165) is 5.32 Å². The minimum atomic E-state index is -5.51. The highest BCUT2D eigenvalue weighted by Crippen LogP contribution is 2.38. The third-order valence-electron chi connectivity index (χ3n) is 1.50. The van der Waals surface area contributed by atoms with Crippen molar-refractivity contribution in [2.75, 3.05) is 0 Å². The van der Waals surface area contributed by atoms with Crippen molar-refractivity contribution >= 4 is 11.8 Å². The lowest BCUT2D eigenvalue weighted by atomic mass is 10.1. The highest BCUT2D eigenvalue weighted by atomic mass is 19.4. The molecule has 0 saturated carbocycles. The van der Waals surface area contributed by atoms with Crippen molar-refractivity contribution in [3.05, 3.63) is 11.1 Å². The number of rotatable bonds is 0. The molecule has 1 heterocycles. The van der Waals surface area contributed by atoms with Gasteiger partial charge in [0.15, 0.2) is 0 Å². The molecule has 0 saturated heterocycles. The predicted octanol–water partition coefficient (Wildman–Crippen LogP) is 1.06. The van der Waals surface area contributed by atoms with Crippen molar-refractivity contribution in [3.63, 3.8) is 0 Å². The second kappa shape index (κ2) is 2.97. The molecule has 15 heavy (non-hydrogen) atoms. The molecular formula is C6HF6NO2. The van der Waals surface area contributed by atoms with Gasteiger partial charge in [-0.25, -0.2) is 0 Å². The van der Waals surface area contributed by atoms with Crippen molar-refractivity contribution in [2.24, 2.45) is 0 Å². The second-order valence-corrected chi connectivity index (χ2v) is 2.53. The fourth-order valence-electron chi connectivity index (χ4n) is 0.996. The van der Waals surface area contributed by atoms with Crippen LogP contribution in [0.2, 0.25) is 0 Å². The largest absolute Gasteiger partial charge is 0.422 e. The van der Waals surface area contributed by atoms with Crippen molar-refractivity contribution in [2.45, 2.75) is 12.4 Å². The molecule has 2 amide bonds. The number of hydrogen-bond acceptors (Lipinski definition) is 2. The van der Waals surface area contributed by atoms with Gasteiger partial charge in [-0.3, -0.25) is 14.9 Å². The zero-order chi connectivity index (χ0) is 12.0. The van der Waals surface area contributed by atoms with E-state index >= 15 is 0 Å². The van der Waals surface area contributed by atoms with Gasteiger partial charge in [-0.05, 0) is 0 Å². The molecule has 84 valence electrons. The lowest BCUT2D eigenvalue weighted by Crippen LogP contribution is -2.27. The number of imide groups is 1. The highest BCUT2D eigenvalue weighted by Gasteiger charge is 2.55. The zero-order valence-corrected chi connectivity index (χ0v) is 6.58. The molecule has 0 aromatic heterocycles. The number of halogens is 6. The highest BCUT2D eigenvalue weighted by molar-refractivity contribution is 6.20. The molecule has 0 aromatic rings. The Morgan fingerprint density at radius 1 is 0.733 bits per heavy atom. The van der Waals surface area contributed by atoms with Gasteiger partial charge in [0, 0.05) is 0 Å². The quantitative estimate of drug-likeness (QED) is 0.502. The van der Waals surface area contributed by atoms with Gasteiger partial charge in [0.2, 0.25) is 0 Å². The van der Waals surface area contributed by atoms with Crippen molar-refractivity contribution in [1.82, 2.24) is 5.32 Å². The van der Waals surface area contributed by atoms with Gasteiger partial charge in [0.1, 0.15) is 11.1 Å². The van der Waals surface area contributed by atoms with E-state index in [9.17, 15) is 35.9 Å². The first-order valence-corrected chi connectivity index (χ1v) is 3.29. The molecule has 3 nitrogen and oxygen atoms in total. The molecule has 0 atom stereocenters. The summed E-state index contributed by atoms with van der Waals surface area (Å²) in [5, 5.41) is 0.938. The van der Waals surface area contributed by atoms with Gasteiger partial charge >= 0.3 is 12.4 Å². The molecule has 0 aromatic carbocycles. The normalized spacial score (nSPS) is 18.5. The standard InChI is InChI=1S/C6HF6NO2/c7-5(8,9)1-2(6(10,11)12)4(15)13-3(1)14/h(H,13,14,15). The van der Waals surface area contributed by atoms with E-state index in [2.05, 4.69) is 0 Å². The summed E-state index contributed by atoms with van der Waals surface area (Å²) in [6.07, 6.45) is -11.0. The summed E-state index contributed by atoms with van der Waals surface area (Å²) < 4.78 is 72.0. The van der Waals surface area contributed by atoms with Crippen molar-refractivity contribution < 1.29 is 35.9 Å². The molecule has 1 N–H and O–H groups in total. The summed E-state index contributed by atoms with van der Waals surface area (Å²) in [6.45, 7) is 0. The summed E-state index contributed by atoms with van der Waals surface area (Å²) in [5.41, 5.74) is -5.00. The van der Waals surface area contributed by atoms with E-state index in [4.69, 9.17) is 0 Å². The van der Waals surface area contributed by atoms with E-state index in [1.165, 1.54) is 0 Å². The van der Waals surface area contributed by atoms with E-state index in [-0.39, 0.29) is 0 Å². The molecule has 1 rings (SSSR count). The molecule has 0 aliphatic carbocycles. The Labute approximate surface area is 77.7 Å². The molecule has 0 radical (unpaired) electrons. The average Bonchev–Trinajstić information content (AvgIpc) is 2.22.